The molecule has 2 bridgehead atoms. The number of nitrogens with one attached hydrogen (secondary N) is 1. The molecule has 3 aliphatic heterocycles. The maximum absolute atomic E-state index is 12.9. The monoisotopic (exact) mass is 344 g/mol. The van der Waals surface area contributed by atoms with E-state index in [4.69, 9.17) is 4.74 Å². The van der Waals surface area contributed by atoms with Crippen LogP contribution >= 0.6 is 11.3 Å². The topological polar surface area (TPSA) is 67.3 Å². The van der Waals surface area contributed by atoms with Crippen LogP contribution in [0.5, 0.6) is 0 Å². The Labute approximate surface area is 144 Å². The molecule has 0 spiro atoms. The van der Waals surface area contributed by atoms with Gasteiger partial charge in [0.25, 0.3) is 0 Å². The molecule has 0 aliphatic carbocycles. The second kappa shape index (κ2) is 5.67. The lowest BCUT2D eigenvalue weighted by Gasteiger charge is -2.28. The molecule has 1 amide bonds. The third-order valence-electron chi connectivity index (χ3n) is 5.50. The number of anilines is 1. The van der Waals surface area contributed by atoms with Crippen LogP contribution in [0.25, 0.3) is 10.2 Å². The first-order chi connectivity index (χ1) is 11.8. The van der Waals surface area contributed by atoms with Crippen molar-refractivity contribution in [3.05, 3.63) is 17.8 Å². The van der Waals surface area contributed by atoms with Crippen molar-refractivity contribution in [3.63, 3.8) is 0 Å². The van der Waals surface area contributed by atoms with Crippen LogP contribution in [0.15, 0.2) is 17.8 Å². The predicted molar refractivity (Wildman–Crippen MR) is 92.2 cm³/mol. The largest absolute Gasteiger partial charge is 0.373 e. The van der Waals surface area contributed by atoms with Crippen LogP contribution in [-0.2, 0) is 9.53 Å². The fraction of sp³-hybridized carbons (Fsp3) is 0.588. The van der Waals surface area contributed by atoms with E-state index >= 15 is 0 Å². The lowest BCUT2D eigenvalue weighted by molar-refractivity contribution is -0.123. The number of carbonyl (C=O) groups is 1. The molecule has 1 N–H and O–H groups in total. The number of amides is 1. The number of nitrogens with zero attached hydrogens (tertiary/aromatic N) is 3. The molecule has 0 aromatic carbocycles. The first-order valence-electron chi connectivity index (χ1n) is 8.70. The molecule has 126 valence electrons. The Bertz CT molecular complexity index is 779. The second-order valence-corrected chi connectivity index (χ2v) is 7.81. The Hall–Kier alpha value is -1.73. The summed E-state index contributed by atoms with van der Waals surface area (Å²) < 4.78 is 5.86. The third kappa shape index (κ3) is 2.29. The summed E-state index contributed by atoms with van der Waals surface area (Å²) in [5, 5.41) is 6.32. The Kier molecular flexibility index (Phi) is 3.45. The Morgan fingerprint density at radius 3 is 3.12 bits per heavy atom. The number of fused-ring (bicyclic) bond motifs is 3. The van der Waals surface area contributed by atoms with Gasteiger partial charge in [0, 0.05) is 6.54 Å². The molecule has 0 saturated carbocycles. The van der Waals surface area contributed by atoms with Crippen molar-refractivity contribution >= 4 is 33.3 Å². The minimum absolute atomic E-state index is 0.121. The smallest absolute Gasteiger partial charge is 0.243 e. The molecule has 0 radical (unpaired) electrons. The van der Waals surface area contributed by atoms with E-state index in [1.807, 2.05) is 11.4 Å². The highest BCUT2D eigenvalue weighted by atomic mass is 32.1. The number of rotatable bonds is 3. The molecule has 2 aromatic rings. The fourth-order valence-electron chi connectivity index (χ4n) is 4.37. The molecule has 4 atom stereocenters. The average molecular weight is 344 g/mol. The highest BCUT2D eigenvalue weighted by Gasteiger charge is 2.43. The van der Waals surface area contributed by atoms with Gasteiger partial charge >= 0.3 is 0 Å². The van der Waals surface area contributed by atoms with Gasteiger partial charge < -0.3 is 15.0 Å². The number of hydrogen-bond donors (Lipinski definition) is 1. The van der Waals surface area contributed by atoms with Gasteiger partial charge in [-0.1, -0.05) is 0 Å². The van der Waals surface area contributed by atoms with Gasteiger partial charge in [-0.15, -0.1) is 11.3 Å². The summed E-state index contributed by atoms with van der Waals surface area (Å²) in [6, 6.07) is 2.10. The molecular formula is C17H20N4O2S. The van der Waals surface area contributed by atoms with Gasteiger partial charge in [0.2, 0.25) is 5.91 Å². The summed E-state index contributed by atoms with van der Waals surface area (Å²) >= 11 is 1.61. The molecule has 3 aliphatic rings. The van der Waals surface area contributed by atoms with Crippen LogP contribution in [0, 0.1) is 0 Å². The Morgan fingerprint density at radius 2 is 2.29 bits per heavy atom. The van der Waals surface area contributed by atoms with E-state index < -0.39 is 0 Å². The Morgan fingerprint density at radius 1 is 1.33 bits per heavy atom. The first-order valence-corrected chi connectivity index (χ1v) is 9.58. The summed E-state index contributed by atoms with van der Waals surface area (Å²) in [6.07, 6.45) is 7.25. The SMILES string of the molecule is O=C(N[C@@H]1C[C@@H]2CC[C@@H]1O2)[C@H]1CCCN1c1ncnc2sccc12. The van der Waals surface area contributed by atoms with Gasteiger partial charge in [0.15, 0.2) is 0 Å². The summed E-state index contributed by atoms with van der Waals surface area (Å²) in [4.78, 5) is 24.8. The van der Waals surface area contributed by atoms with Gasteiger partial charge in [0.05, 0.1) is 23.6 Å². The van der Waals surface area contributed by atoms with Crippen LogP contribution in [0.1, 0.15) is 32.1 Å². The van der Waals surface area contributed by atoms with E-state index in [0.717, 1.165) is 54.7 Å². The quantitative estimate of drug-likeness (QED) is 0.923. The van der Waals surface area contributed by atoms with Gasteiger partial charge in [-0.2, -0.15) is 0 Å². The lowest BCUT2D eigenvalue weighted by Crippen LogP contribution is -2.50. The molecule has 5 heterocycles. The summed E-state index contributed by atoms with van der Waals surface area (Å²) in [5.74, 6) is 1.01. The van der Waals surface area contributed by atoms with Gasteiger partial charge in [-0.05, 0) is 43.6 Å². The third-order valence-corrected chi connectivity index (χ3v) is 6.32. The standard InChI is InChI=1S/C17H20N4O2S/c22-16(20-12-8-10-3-4-14(12)23-10)13-2-1-6-21(13)15-11-5-7-24-17(11)19-9-18-15/h5,7,9-10,12-14H,1-4,6,8H2,(H,20,22)/t10-,12+,13+,14-/m0/s1. The minimum Gasteiger partial charge on any atom is -0.373 e. The van der Waals surface area contributed by atoms with E-state index in [0.29, 0.717) is 6.10 Å². The number of thiophene rings is 1. The van der Waals surface area contributed by atoms with E-state index in [2.05, 4.69) is 20.2 Å². The predicted octanol–water partition coefficient (Wildman–Crippen LogP) is 2.10. The highest BCUT2D eigenvalue weighted by Crippen LogP contribution is 2.35. The normalized spacial score (nSPS) is 31.9. The van der Waals surface area contributed by atoms with E-state index in [1.54, 1.807) is 17.7 Å². The molecule has 3 fully saturated rings. The van der Waals surface area contributed by atoms with Crippen LogP contribution in [0.2, 0.25) is 0 Å². The van der Waals surface area contributed by atoms with Gasteiger partial charge in [-0.3, -0.25) is 4.79 Å². The number of carbonyl (C=O) groups excluding carboxylic acids is 1. The van der Waals surface area contributed by atoms with E-state index in [-0.39, 0.29) is 24.1 Å². The summed E-state index contributed by atoms with van der Waals surface area (Å²) in [5.41, 5.74) is 0. The molecule has 2 aromatic heterocycles. The minimum atomic E-state index is -0.137. The number of hydrogen-bond acceptors (Lipinski definition) is 6. The molecule has 7 heteroatoms. The highest BCUT2D eigenvalue weighted by molar-refractivity contribution is 7.16. The molecular weight excluding hydrogens is 324 g/mol. The molecule has 0 unspecified atom stereocenters. The maximum atomic E-state index is 12.9. The maximum Gasteiger partial charge on any atom is 0.243 e. The van der Waals surface area contributed by atoms with Crippen molar-refractivity contribution in [3.8, 4) is 0 Å². The summed E-state index contributed by atoms with van der Waals surface area (Å²) in [6.45, 7) is 0.868. The zero-order valence-electron chi connectivity index (χ0n) is 13.4. The van der Waals surface area contributed by atoms with Crippen LogP contribution in [-0.4, -0.2) is 46.7 Å². The van der Waals surface area contributed by atoms with E-state index in [1.165, 1.54) is 0 Å². The van der Waals surface area contributed by atoms with Crippen molar-refractivity contribution in [2.24, 2.45) is 0 Å². The second-order valence-electron chi connectivity index (χ2n) is 6.91. The number of ether oxygens (including phenoxy) is 1. The zero-order valence-corrected chi connectivity index (χ0v) is 14.2. The van der Waals surface area contributed by atoms with Crippen molar-refractivity contribution in [2.45, 2.75) is 56.4 Å². The first kappa shape index (κ1) is 14.6. The van der Waals surface area contributed by atoms with Crippen LogP contribution in [0.3, 0.4) is 0 Å². The van der Waals surface area contributed by atoms with Gasteiger partial charge in [-0.25, -0.2) is 9.97 Å². The van der Waals surface area contributed by atoms with Crippen molar-refractivity contribution in [1.82, 2.24) is 15.3 Å². The lowest BCUT2D eigenvalue weighted by atomic mass is 9.95. The van der Waals surface area contributed by atoms with Crippen molar-refractivity contribution in [2.75, 3.05) is 11.4 Å². The van der Waals surface area contributed by atoms with Crippen LogP contribution in [0.4, 0.5) is 5.82 Å². The molecule has 6 nitrogen and oxygen atoms in total. The van der Waals surface area contributed by atoms with Gasteiger partial charge in [0.1, 0.15) is 23.0 Å². The van der Waals surface area contributed by atoms with Crippen LogP contribution < -0.4 is 10.2 Å². The van der Waals surface area contributed by atoms with Crippen molar-refractivity contribution in [1.29, 1.82) is 0 Å². The summed E-state index contributed by atoms with van der Waals surface area (Å²) in [7, 11) is 0. The molecule has 3 saturated heterocycles. The fourth-order valence-corrected chi connectivity index (χ4v) is 5.09. The average Bonchev–Trinajstić information content (AvgIpc) is 3.36. The molecule has 24 heavy (non-hydrogen) atoms. The number of aromatic nitrogens is 2. The van der Waals surface area contributed by atoms with Crippen molar-refractivity contribution < 1.29 is 9.53 Å². The molecule has 5 rings (SSSR count). The Balaban J connectivity index is 1.37. The zero-order chi connectivity index (χ0) is 16.1. The van der Waals surface area contributed by atoms with E-state index in [9.17, 15) is 4.79 Å².